The molecule has 16 heavy (non-hydrogen) atoms. The highest BCUT2D eigenvalue weighted by Gasteiger charge is 2.09. The molecule has 0 aliphatic rings. The van der Waals surface area contributed by atoms with Gasteiger partial charge in [0.25, 0.3) is 5.56 Å². The van der Waals surface area contributed by atoms with Gasteiger partial charge in [-0.2, -0.15) is 13.5 Å². The molecule has 5 nitrogen and oxygen atoms in total. The SMILES string of the molecule is Cc1nccc2c1c(=O)n(C)c(=O)n2C.S. The smallest absolute Gasteiger partial charge is 0.296 e. The van der Waals surface area contributed by atoms with E-state index in [9.17, 15) is 9.59 Å². The van der Waals surface area contributed by atoms with Crippen molar-refractivity contribution >= 4 is 24.4 Å². The summed E-state index contributed by atoms with van der Waals surface area (Å²) >= 11 is 0. The second kappa shape index (κ2) is 4.13. The van der Waals surface area contributed by atoms with Crippen molar-refractivity contribution in [3.63, 3.8) is 0 Å². The van der Waals surface area contributed by atoms with Crippen molar-refractivity contribution in [1.29, 1.82) is 0 Å². The molecule has 0 unspecified atom stereocenters. The van der Waals surface area contributed by atoms with Crippen molar-refractivity contribution in [3.05, 3.63) is 38.8 Å². The van der Waals surface area contributed by atoms with Gasteiger partial charge in [0.15, 0.2) is 0 Å². The first kappa shape index (κ1) is 12.5. The zero-order chi connectivity index (χ0) is 11.2. The molecule has 2 aromatic heterocycles. The molecule has 0 fully saturated rings. The predicted octanol–water partition coefficient (Wildman–Crippen LogP) is 0.0534. The summed E-state index contributed by atoms with van der Waals surface area (Å²) in [6.45, 7) is 1.76. The molecule has 2 heterocycles. The first-order valence-corrected chi connectivity index (χ1v) is 4.55. The number of aryl methyl sites for hydroxylation is 2. The highest BCUT2D eigenvalue weighted by molar-refractivity contribution is 7.59. The number of fused-ring (bicyclic) bond motifs is 1. The van der Waals surface area contributed by atoms with Gasteiger partial charge in [-0.25, -0.2) is 4.79 Å². The van der Waals surface area contributed by atoms with E-state index in [0.717, 1.165) is 4.57 Å². The van der Waals surface area contributed by atoms with Crippen LogP contribution < -0.4 is 11.2 Å². The van der Waals surface area contributed by atoms with Crippen molar-refractivity contribution in [2.45, 2.75) is 6.92 Å². The molecule has 0 aromatic carbocycles. The van der Waals surface area contributed by atoms with Gasteiger partial charge in [-0.3, -0.25) is 18.9 Å². The maximum atomic E-state index is 11.8. The Hall–Kier alpha value is -1.56. The standard InChI is InChI=1S/C10H11N3O2.H2S/c1-6-8-7(4-5-11-6)12(2)10(15)13(3)9(8)14;/h4-5H,1-3H3;1H2. The molecule has 0 saturated heterocycles. The monoisotopic (exact) mass is 239 g/mol. The van der Waals surface area contributed by atoms with E-state index in [4.69, 9.17) is 0 Å². The summed E-state index contributed by atoms with van der Waals surface area (Å²) < 4.78 is 2.54. The minimum absolute atomic E-state index is 0. The fourth-order valence-corrected chi connectivity index (χ4v) is 1.68. The Morgan fingerprint density at radius 1 is 1.19 bits per heavy atom. The van der Waals surface area contributed by atoms with Crippen LogP contribution in [-0.4, -0.2) is 14.1 Å². The summed E-state index contributed by atoms with van der Waals surface area (Å²) in [5, 5.41) is 0.502. The lowest BCUT2D eigenvalue weighted by Crippen LogP contribution is -2.37. The lowest BCUT2D eigenvalue weighted by Gasteiger charge is -2.07. The van der Waals surface area contributed by atoms with Crippen LogP contribution in [0.4, 0.5) is 0 Å². The van der Waals surface area contributed by atoms with Crippen LogP contribution in [0.25, 0.3) is 10.9 Å². The molecule has 2 aromatic rings. The maximum absolute atomic E-state index is 11.8. The van der Waals surface area contributed by atoms with Crippen LogP contribution in [0.5, 0.6) is 0 Å². The Morgan fingerprint density at radius 3 is 2.44 bits per heavy atom. The van der Waals surface area contributed by atoms with E-state index in [0.29, 0.717) is 16.6 Å². The van der Waals surface area contributed by atoms with Crippen LogP contribution in [0.2, 0.25) is 0 Å². The van der Waals surface area contributed by atoms with E-state index >= 15 is 0 Å². The fourth-order valence-electron chi connectivity index (χ4n) is 1.68. The fraction of sp³-hybridized carbons (Fsp3) is 0.300. The topological polar surface area (TPSA) is 56.9 Å². The molecule has 0 aliphatic heterocycles. The summed E-state index contributed by atoms with van der Waals surface area (Å²) in [7, 11) is 3.11. The lowest BCUT2D eigenvalue weighted by atomic mass is 10.2. The zero-order valence-corrected chi connectivity index (χ0v) is 10.3. The summed E-state index contributed by atoms with van der Waals surface area (Å²) in [4.78, 5) is 27.5. The van der Waals surface area contributed by atoms with Gasteiger partial charge in [0.1, 0.15) is 0 Å². The summed E-state index contributed by atoms with van der Waals surface area (Å²) in [5.41, 5.74) is 0.649. The van der Waals surface area contributed by atoms with Gasteiger partial charge in [-0.05, 0) is 13.0 Å². The molecule has 0 radical (unpaired) electrons. The van der Waals surface area contributed by atoms with Gasteiger partial charge < -0.3 is 0 Å². The highest BCUT2D eigenvalue weighted by Crippen LogP contribution is 2.08. The normalized spacial score (nSPS) is 10.2. The van der Waals surface area contributed by atoms with Crippen LogP contribution in [0.3, 0.4) is 0 Å². The van der Waals surface area contributed by atoms with Gasteiger partial charge in [0.05, 0.1) is 16.6 Å². The van der Waals surface area contributed by atoms with Gasteiger partial charge in [0.2, 0.25) is 0 Å². The van der Waals surface area contributed by atoms with Crippen molar-refractivity contribution in [1.82, 2.24) is 14.1 Å². The zero-order valence-electron chi connectivity index (χ0n) is 9.31. The Balaban J connectivity index is 0.00000128. The minimum Gasteiger partial charge on any atom is -0.296 e. The molecule has 0 aliphatic carbocycles. The molecule has 6 heteroatoms. The van der Waals surface area contributed by atoms with Crippen LogP contribution in [0.15, 0.2) is 21.9 Å². The number of rotatable bonds is 0. The van der Waals surface area contributed by atoms with E-state index in [1.54, 1.807) is 26.2 Å². The van der Waals surface area contributed by atoms with E-state index in [2.05, 4.69) is 4.98 Å². The Labute approximate surface area is 98.8 Å². The number of hydrogen-bond acceptors (Lipinski definition) is 3. The van der Waals surface area contributed by atoms with Crippen LogP contribution in [-0.2, 0) is 14.1 Å². The first-order valence-electron chi connectivity index (χ1n) is 4.55. The highest BCUT2D eigenvalue weighted by atomic mass is 32.1. The van der Waals surface area contributed by atoms with Crippen LogP contribution in [0, 0.1) is 6.92 Å². The first-order chi connectivity index (χ1) is 7.04. The number of aromatic nitrogens is 3. The molecule has 0 bridgehead atoms. The molecule has 0 N–H and O–H groups in total. The number of nitrogens with zero attached hydrogens (tertiary/aromatic N) is 3. The average Bonchev–Trinajstić information content (AvgIpc) is 2.23. The van der Waals surface area contributed by atoms with Gasteiger partial charge in [-0.1, -0.05) is 0 Å². The molecule has 0 saturated carbocycles. The molecule has 0 atom stereocenters. The predicted molar refractivity (Wildman–Crippen MR) is 67.3 cm³/mol. The molecule has 2 rings (SSSR count). The van der Waals surface area contributed by atoms with Gasteiger partial charge >= 0.3 is 5.69 Å². The quantitative estimate of drug-likeness (QED) is 0.653. The second-order valence-corrected chi connectivity index (χ2v) is 3.50. The molecule has 86 valence electrons. The van der Waals surface area contributed by atoms with E-state index in [-0.39, 0.29) is 24.7 Å². The van der Waals surface area contributed by atoms with Gasteiger partial charge in [-0.15, -0.1) is 0 Å². The van der Waals surface area contributed by atoms with Gasteiger partial charge in [0, 0.05) is 20.3 Å². The molecule has 0 amide bonds. The van der Waals surface area contributed by atoms with Crippen molar-refractivity contribution in [3.8, 4) is 0 Å². The van der Waals surface area contributed by atoms with E-state index in [1.807, 2.05) is 0 Å². The van der Waals surface area contributed by atoms with Crippen molar-refractivity contribution in [2.24, 2.45) is 14.1 Å². The summed E-state index contributed by atoms with van der Waals surface area (Å²) in [6, 6.07) is 1.67. The summed E-state index contributed by atoms with van der Waals surface area (Å²) in [6.07, 6.45) is 1.59. The second-order valence-electron chi connectivity index (χ2n) is 3.50. The third-order valence-corrected chi connectivity index (χ3v) is 2.57. The maximum Gasteiger partial charge on any atom is 0.330 e. The lowest BCUT2D eigenvalue weighted by molar-refractivity contribution is 0.712. The summed E-state index contributed by atoms with van der Waals surface area (Å²) in [5.74, 6) is 0. The molecular weight excluding hydrogens is 226 g/mol. The van der Waals surface area contributed by atoms with E-state index in [1.165, 1.54) is 11.6 Å². The van der Waals surface area contributed by atoms with Crippen LogP contribution in [0.1, 0.15) is 5.69 Å². The Morgan fingerprint density at radius 2 is 1.81 bits per heavy atom. The van der Waals surface area contributed by atoms with Crippen molar-refractivity contribution < 1.29 is 0 Å². The average molecular weight is 239 g/mol. The number of pyridine rings is 1. The third-order valence-electron chi connectivity index (χ3n) is 2.57. The van der Waals surface area contributed by atoms with Crippen molar-refractivity contribution in [2.75, 3.05) is 0 Å². The van der Waals surface area contributed by atoms with Crippen LogP contribution >= 0.6 is 13.5 Å². The third kappa shape index (κ3) is 1.55. The molecular formula is C10H13N3O2S. The Kier molecular flexibility index (Phi) is 3.23. The Bertz CT molecular complexity index is 657. The number of hydrogen-bond donors (Lipinski definition) is 0. The molecule has 0 spiro atoms. The minimum atomic E-state index is -0.321. The largest absolute Gasteiger partial charge is 0.330 e. The van der Waals surface area contributed by atoms with E-state index < -0.39 is 0 Å².